The van der Waals surface area contributed by atoms with E-state index >= 15 is 0 Å². The van der Waals surface area contributed by atoms with Crippen LogP contribution < -0.4 is 5.73 Å². The fourth-order valence-corrected chi connectivity index (χ4v) is 2.51. The topological polar surface area (TPSA) is 78.9 Å². The van der Waals surface area contributed by atoms with Gasteiger partial charge < -0.3 is 10.5 Å². The van der Waals surface area contributed by atoms with Crippen LogP contribution >= 0.6 is 0 Å². The summed E-state index contributed by atoms with van der Waals surface area (Å²) in [6.45, 7) is 3.96. The molecule has 0 radical (unpaired) electrons. The van der Waals surface area contributed by atoms with Crippen molar-refractivity contribution in [2.75, 3.05) is 18.9 Å². The molecule has 0 bridgehead atoms. The van der Waals surface area contributed by atoms with Gasteiger partial charge in [-0.3, -0.25) is 0 Å². The van der Waals surface area contributed by atoms with E-state index in [0.717, 1.165) is 26.1 Å². The normalized spacial score (nSPS) is 18.3. The van der Waals surface area contributed by atoms with Crippen LogP contribution in [0.2, 0.25) is 0 Å². The van der Waals surface area contributed by atoms with Crippen LogP contribution in [0, 0.1) is 18.7 Å². The number of hydrogen-bond donors (Lipinski definition) is 1. The predicted octanol–water partition coefficient (Wildman–Crippen LogP) is 1.80. The zero-order valence-corrected chi connectivity index (χ0v) is 11.9. The number of halogens is 1. The van der Waals surface area contributed by atoms with Gasteiger partial charge in [0.05, 0.1) is 0 Å². The number of ether oxygens (including phenoxy) is 1. The van der Waals surface area contributed by atoms with Crippen molar-refractivity contribution in [1.29, 1.82) is 0 Å². The number of nitrogens with zero attached hydrogens (tertiary/aromatic N) is 4. The number of nitrogen functional groups attached to an aromatic ring is 1. The molecule has 0 saturated carbocycles. The number of hydrogen-bond acceptors (Lipinski definition) is 5. The molecule has 1 aromatic carbocycles. The maximum atomic E-state index is 13.8. The van der Waals surface area contributed by atoms with Gasteiger partial charge in [-0.2, -0.15) is 0 Å². The van der Waals surface area contributed by atoms with Crippen LogP contribution in [0.15, 0.2) is 12.1 Å². The summed E-state index contributed by atoms with van der Waals surface area (Å²) < 4.78 is 20.9. The quantitative estimate of drug-likeness (QED) is 0.869. The maximum absolute atomic E-state index is 13.8. The van der Waals surface area contributed by atoms with Gasteiger partial charge in [-0.1, -0.05) is 0 Å². The third kappa shape index (κ3) is 2.87. The Morgan fingerprint density at radius 3 is 3.05 bits per heavy atom. The van der Waals surface area contributed by atoms with Crippen LogP contribution in [0.5, 0.6) is 0 Å². The first-order valence-electron chi connectivity index (χ1n) is 7.05. The number of benzene rings is 1. The predicted molar refractivity (Wildman–Crippen MR) is 75.9 cm³/mol. The number of aromatic nitrogens is 4. The van der Waals surface area contributed by atoms with Crippen molar-refractivity contribution < 1.29 is 9.13 Å². The van der Waals surface area contributed by atoms with Crippen molar-refractivity contribution in [2.45, 2.75) is 26.3 Å². The van der Waals surface area contributed by atoms with E-state index in [1.54, 1.807) is 17.7 Å². The van der Waals surface area contributed by atoms with Crippen molar-refractivity contribution in [3.63, 3.8) is 0 Å². The molecule has 0 amide bonds. The molecule has 1 unspecified atom stereocenters. The molecule has 1 atom stereocenters. The molecule has 3 rings (SSSR count). The lowest BCUT2D eigenvalue weighted by atomic mass is 10.1. The summed E-state index contributed by atoms with van der Waals surface area (Å²) in [5, 5.41) is 11.7. The molecule has 1 fully saturated rings. The minimum Gasteiger partial charge on any atom is -0.398 e. The van der Waals surface area contributed by atoms with Gasteiger partial charge in [-0.25, -0.2) is 9.07 Å². The van der Waals surface area contributed by atoms with Gasteiger partial charge >= 0.3 is 0 Å². The minimum absolute atomic E-state index is 0.344. The SMILES string of the molecule is Cc1c(N)cc(-c2nnnn2CCC2CCOC2)cc1F. The molecule has 1 aliphatic heterocycles. The Morgan fingerprint density at radius 2 is 2.33 bits per heavy atom. The van der Waals surface area contributed by atoms with Gasteiger partial charge in [0, 0.05) is 36.6 Å². The van der Waals surface area contributed by atoms with E-state index in [2.05, 4.69) is 15.5 Å². The Kier molecular flexibility index (Phi) is 3.83. The Bertz CT molecular complexity index is 613. The molecule has 2 N–H and O–H groups in total. The first-order valence-corrected chi connectivity index (χ1v) is 7.05. The van der Waals surface area contributed by atoms with E-state index in [0.29, 0.717) is 35.1 Å². The zero-order valence-electron chi connectivity index (χ0n) is 11.9. The number of aryl methyl sites for hydroxylation is 1. The Morgan fingerprint density at radius 1 is 1.48 bits per heavy atom. The largest absolute Gasteiger partial charge is 0.398 e. The second-order valence-electron chi connectivity index (χ2n) is 5.42. The molecule has 21 heavy (non-hydrogen) atoms. The lowest BCUT2D eigenvalue weighted by Crippen LogP contribution is -2.09. The summed E-state index contributed by atoms with van der Waals surface area (Å²) in [6.07, 6.45) is 2.02. The van der Waals surface area contributed by atoms with Crippen LogP contribution in [0.1, 0.15) is 18.4 Å². The third-order valence-electron chi connectivity index (χ3n) is 3.95. The fraction of sp³-hybridized carbons (Fsp3) is 0.500. The molecule has 112 valence electrons. The fourth-order valence-electron chi connectivity index (χ4n) is 2.51. The zero-order chi connectivity index (χ0) is 14.8. The third-order valence-corrected chi connectivity index (χ3v) is 3.95. The molecule has 2 heterocycles. The first kappa shape index (κ1) is 13.9. The summed E-state index contributed by atoms with van der Waals surface area (Å²) in [5.74, 6) is 0.741. The molecule has 0 aliphatic carbocycles. The van der Waals surface area contributed by atoms with E-state index in [9.17, 15) is 4.39 Å². The lowest BCUT2D eigenvalue weighted by Gasteiger charge is -2.10. The molecule has 1 saturated heterocycles. The van der Waals surface area contributed by atoms with Gasteiger partial charge in [-0.05, 0) is 48.2 Å². The first-order chi connectivity index (χ1) is 10.1. The highest BCUT2D eigenvalue weighted by molar-refractivity contribution is 5.63. The number of rotatable bonds is 4. The standard InChI is InChI=1S/C14H18FN5O/c1-9-12(15)6-11(7-13(9)16)14-17-18-19-20(14)4-2-10-3-5-21-8-10/h6-7,10H,2-5,8,16H2,1H3. The monoisotopic (exact) mass is 291 g/mol. The van der Waals surface area contributed by atoms with Crippen molar-refractivity contribution in [2.24, 2.45) is 5.92 Å². The van der Waals surface area contributed by atoms with E-state index in [1.807, 2.05) is 0 Å². The van der Waals surface area contributed by atoms with Gasteiger partial charge in [0.15, 0.2) is 5.82 Å². The van der Waals surface area contributed by atoms with E-state index < -0.39 is 0 Å². The molecule has 0 spiro atoms. The van der Waals surface area contributed by atoms with Crippen LogP contribution in [0.25, 0.3) is 11.4 Å². The lowest BCUT2D eigenvalue weighted by molar-refractivity contribution is 0.183. The van der Waals surface area contributed by atoms with Gasteiger partial charge in [0.25, 0.3) is 0 Å². The highest BCUT2D eigenvalue weighted by Crippen LogP contribution is 2.25. The van der Waals surface area contributed by atoms with E-state index in [4.69, 9.17) is 10.5 Å². The highest BCUT2D eigenvalue weighted by atomic mass is 19.1. The molecule has 6 nitrogen and oxygen atoms in total. The smallest absolute Gasteiger partial charge is 0.182 e. The summed E-state index contributed by atoms with van der Waals surface area (Å²) >= 11 is 0. The van der Waals surface area contributed by atoms with Crippen molar-refractivity contribution >= 4 is 5.69 Å². The van der Waals surface area contributed by atoms with Crippen molar-refractivity contribution in [3.8, 4) is 11.4 Å². The van der Waals surface area contributed by atoms with Crippen molar-refractivity contribution in [1.82, 2.24) is 20.2 Å². The van der Waals surface area contributed by atoms with Gasteiger partial charge in [-0.15, -0.1) is 5.10 Å². The number of tetrazole rings is 1. The molecule has 1 aromatic heterocycles. The van der Waals surface area contributed by atoms with Crippen LogP contribution in [0.3, 0.4) is 0 Å². The van der Waals surface area contributed by atoms with Crippen molar-refractivity contribution in [3.05, 3.63) is 23.5 Å². The Labute approximate surface area is 122 Å². The van der Waals surface area contributed by atoms with Crippen LogP contribution in [-0.4, -0.2) is 33.4 Å². The molecular weight excluding hydrogens is 273 g/mol. The van der Waals surface area contributed by atoms with Crippen LogP contribution in [0.4, 0.5) is 10.1 Å². The van der Waals surface area contributed by atoms with Crippen LogP contribution in [-0.2, 0) is 11.3 Å². The molecule has 7 heteroatoms. The highest BCUT2D eigenvalue weighted by Gasteiger charge is 2.18. The van der Waals surface area contributed by atoms with E-state index in [1.165, 1.54) is 6.07 Å². The summed E-state index contributed by atoms with van der Waals surface area (Å²) in [7, 11) is 0. The maximum Gasteiger partial charge on any atom is 0.182 e. The van der Waals surface area contributed by atoms with Gasteiger partial charge in [0.1, 0.15) is 5.82 Å². The minimum atomic E-state index is -0.344. The summed E-state index contributed by atoms with van der Waals surface area (Å²) in [6, 6.07) is 3.13. The summed E-state index contributed by atoms with van der Waals surface area (Å²) in [4.78, 5) is 0. The molecule has 2 aromatic rings. The number of nitrogens with two attached hydrogens (primary N) is 1. The summed E-state index contributed by atoms with van der Waals surface area (Å²) in [5.41, 5.74) is 7.27. The average molecular weight is 291 g/mol. The number of anilines is 1. The Balaban J connectivity index is 1.81. The molecular formula is C14H18FN5O. The average Bonchev–Trinajstić information content (AvgIpc) is 3.12. The second-order valence-corrected chi connectivity index (χ2v) is 5.42. The Hall–Kier alpha value is -2.02. The second kappa shape index (κ2) is 5.77. The van der Waals surface area contributed by atoms with Gasteiger partial charge in [0.2, 0.25) is 0 Å². The molecule has 1 aliphatic rings. The van der Waals surface area contributed by atoms with E-state index in [-0.39, 0.29) is 5.82 Å².